The molecule has 1 heterocycles. The van der Waals surface area contributed by atoms with Crippen molar-refractivity contribution in [3.05, 3.63) is 46.7 Å². The van der Waals surface area contributed by atoms with Gasteiger partial charge in [0.2, 0.25) is 5.91 Å². The molecule has 0 aliphatic heterocycles. The summed E-state index contributed by atoms with van der Waals surface area (Å²) in [7, 11) is 1.31. The van der Waals surface area contributed by atoms with Gasteiger partial charge in [-0.25, -0.2) is 14.2 Å². The number of esters is 1. The molecule has 1 aromatic carbocycles. The van der Waals surface area contributed by atoms with Gasteiger partial charge in [-0.2, -0.15) is 0 Å². The van der Waals surface area contributed by atoms with Crippen LogP contribution in [0.15, 0.2) is 30.5 Å². The Kier molecular flexibility index (Phi) is 4.62. The predicted molar refractivity (Wildman–Crippen MR) is 88.7 cm³/mol. The zero-order valence-corrected chi connectivity index (χ0v) is 14.2. The molecule has 0 radical (unpaired) electrons. The lowest BCUT2D eigenvalue weighted by Crippen LogP contribution is -2.32. The molecule has 0 spiro atoms. The largest absolute Gasteiger partial charge is 0.465 e. The molecule has 3 rings (SSSR count). The van der Waals surface area contributed by atoms with Gasteiger partial charge in [0, 0.05) is 12.5 Å². The Labute approximate surface area is 143 Å². The summed E-state index contributed by atoms with van der Waals surface area (Å²) in [6, 6.07) is 6.27. The van der Waals surface area contributed by atoms with Crippen LogP contribution >= 0.6 is 11.3 Å². The number of hydrogen-bond acceptors (Lipinski definition) is 5. The van der Waals surface area contributed by atoms with E-state index >= 15 is 0 Å². The Morgan fingerprint density at radius 3 is 2.71 bits per heavy atom. The summed E-state index contributed by atoms with van der Waals surface area (Å²) in [6.07, 6.45) is 2.17. The summed E-state index contributed by atoms with van der Waals surface area (Å²) < 4.78 is 17.7. The minimum Gasteiger partial charge on any atom is -0.465 e. The van der Waals surface area contributed by atoms with E-state index in [1.807, 2.05) is 6.92 Å². The normalized spacial score (nSPS) is 19.0. The molecule has 7 heteroatoms. The molecule has 1 aromatic heterocycles. The summed E-state index contributed by atoms with van der Waals surface area (Å²) >= 11 is 1.14. The maximum atomic E-state index is 13.0. The van der Waals surface area contributed by atoms with Crippen LogP contribution in [0.25, 0.3) is 0 Å². The van der Waals surface area contributed by atoms with Gasteiger partial charge in [0.25, 0.3) is 0 Å². The van der Waals surface area contributed by atoms with Crippen LogP contribution in [-0.4, -0.2) is 30.5 Å². The van der Waals surface area contributed by atoms with E-state index in [9.17, 15) is 14.0 Å². The number of amides is 1. The zero-order chi connectivity index (χ0) is 17.3. The van der Waals surface area contributed by atoms with Gasteiger partial charge >= 0.3 is 5.97 Å². The summed E-state index contributed by atoms with van der Waals surface area (Å²) in [4.78, 5) is 30.4. The number of methoxy groups -OCH3 is 1. The Morgan fingerprint density at radius 1 is 1.38 bits per heavy atom. The first kappa shape index (κ1) is 16.6. The standard InChI is InChI=1S/C17H17FN2O3S/c1-3-20(17-19-9-14(24-17)16(22)23-2)15(21)13-8-12(13)10-4-6-11(18)7-5-10/h4-7,9,12-13H,3,8H2,1-2H3/t12-,13+/m0/s1. The maximum Gasteiger partial charge on any atom is 0.349 e. The van der Waals surface area contributed by atoms with Crippen LogP contribution in [0.3, 0.4) is 0 Å². The van der Waals surface area contributed by atoms with Crippen molar-refractivity contribution in [2.45, 2.75) is 19.3 Å². The number of ether oxygens (including phenoxy) is 1. The molecule has 1 aliphatic carbocycles. The number of thiazole rings is 1. The highest BCUT2D eigenvalue weighted by atomic mass is 32.1. The topological polar surface area (TPSA) is 59.5 Å². The maximum absolute atomic E-state index is 13.0. The first-order chi connectivity index (χ1) is 11.5. The molecular weight excluding hydrogens is 331 g/mol. The Morgan fingerprint density at radius 2 is 2.08 bits per heavy atom. The van der Waals surface area contributed by atoms with Gasteiger partial charge in [-0.1, -0.05) is 23.5 Å². The van der Waals surface area contributed by atoms with Gasteiger partial charge in [-0.3, -0.25) is 9.69 Å². The number of carbonyl (C=O) groups is 2. The van der Waals surface area contributed by atoms with Crippen molar-refractivity contribution in [2.24, 2.45) is 5.92 Å². The van der Waals surface area contributed by atoms with Gasteiger partial charge in [0.1, 0.15) is 10.7 Å². The van der Waals surface area contributed by atoms with Gasteiger partial charge in [0.15, 0.2) is 5.13 Å². The summed E-state index contributed by atoms with van der Waals surface area (Å²) in [5.74, 6) is -0.765. The molecule has 2 atom stereocenters. The number of anilines is 1. The number of hydrogen-bond donors (Lipinski definition) is 0. The fourth-order valence-corrected chi connectivity index (χ4v) is 3.62. The molecule has 0 saturated heterocycles. The van der Waals surface area contributed by atoms with Crippen molar-refractivity contribution < 1.29 is 18.7 Å². The summed E-state index contributed by atoms with van der Waals surface area (Å²) in [5, 5.41) is 0.493. The highest BCUT2D eigenvalue weighted by Crippen LogP contribution is 2.49. The first-order valence-electron chi connectivity index (χ1n) is 7.66. The first-order valence-corrected chi connectivity index (χ1v) is 8.47. The minimum atomic E-state index is -0.460. The third-order valence-electron chi connectivity index (χ3n) is 4.10. The Bertz CT molecular complexity index is 759. The lowest BCUT2D eigenvalue weighted by atomic mass is 10.1. The number of benzene rings is 1. The molecule has 24 heavy (non-hydrogen) atoms. The second kappa shape index (κ2) is 6.68. The molecule has 5 nitrogen and oxygen atoms in total. The number of halogens is 1. The van der Waals surface area contributed by atoms with Crippen molar-refractivity contribution in [3.63, 3.8) is 0 Å². The highest BCUT2D eigenvalue weighted by molar-refractivity contribution is 7.17. The molecule has 1 fully saturated rings. The summed E-state index contributed by atoms with van der Waals surface area (Å²) in [5.41, 5.74) is 0.972. The zero-order valence-electron chi connectivity index (χ0n) is 13.4. The number of nitrogens with zero attached hydrogens (tertiary/aromatic N) is 2. The van der Waals surface area contributed by atoms with E-state index in [0.29, 0.717) is 16.6 Å². The molecule has 126 valence electrons. The Balaban J connectivity index is 1.72. The van der Waals surface area contributed by atoms with Crippen molar-refractivity contribution in [1.29, 1.82) is 0 Å². The fourth-order valence-electron chi connectivity index (χ4n) is 2.72. The highest BCUT2D eigenvalue weighted by Gasteiger charge is 2.46. The van der Waals surface area contributed by atoms with Crippen LogP contribution in [0.5, 0.6) is 0 Å². The Hall–Kier alpha value is -2.28. The van der Waals surface area contributed by atoms with Crippen LogP contribution < -0.4 is 4.90 Å². The van der Waals surface area contributed by atoms with Crippen molar-refractivity contribution in [3.8, 4) is 0 Å². The SMILES string of the molecule is CCN(C(=O)[C@@H]1C[C@H]1c1ccc(F)cc1)c1ncc(C(=O)OC)s1. The number of aromatic nitrogens is 1. The molecule has 2 aromatic rings. The molecule has 1 saturated carbocycles. The van der Waals surface area contributed by atoms with E-state index in [4.69, 9.17) is 0 Å². The smallest absolute Gasteiger partial charge is 0.349 e. The van der Waals surface area contributed by atoms with Gasteiger partial charge in [-0.05, 0) is 37.0 Å². The van der Waals surface area contributed by atoms with Crippen LogP contribution in [0.1, 0.15) is 34.5 Å². The molecule has 0 bridgehead atoms. The fraction of sp³-hybridized carbons (Fsp3) is 0.353. The number of carbonyl (C=O) groups excluding carboxylic acids is 2. The quantitative estimate of drug-likeness (QED) is 0.779. The van der Waals surface area contributed by atoms with Crippen LogP contribution in [0.2, 0.25) is 0 Å². The molecule has 1 aliphatic rings. The van der Waals surface area contributed by atoms with E-state index in [1.54, 1.807) is 17.0 Å². The monoisotopic (exact) mass is 348 g/mol. The van der Waals surface area contributed by atoms with Crippen LogP contribution in [-0.2, 0) is 9.53 Å². The lowest BCUT2D eigenvalue weighted by Gasteiger charge is -2.17. The van der Waals surface area contributed by atoms with E-state index in [1.165, 1.54) is 25.4 Å². The third-order valence-corrected chi connectivity index (χ3v) is 5.10. The van der Waals surface area contributed by atoms with Crippen molar-refractivity contribution in [1.82, 2.24) is 4.98 Å². The van der Waals surface area contributed by atoms with Crippen molar-refractivity contribution >= 4 is 28.3 Å². The lowest BCUT2D eigenvalue weighted by molar-refractivity contribution is -0.119. The van der Waals surface area contributed by atoms with Gasteiger partial charge < -0.3 is 4.74 Å². The molecule has 0 unspecified atom stereocenters. The predicted octanol–water partition coefficient (Wildman–Crippen LogP) is 3.23. The van der Waals surface area contributed by atoms with E-state index in [-0.39, 0.29) is 23.6 Å². The second-order valence-electron chi connectivity index (χ2n) is 5.58. The van der Waals surface area contributed by atoms with E-state index in [0.717, 1.165) is 23.3 Å². The molecule has 0 N–H and O–H groups in total. The van der Waals surface area contributed by atoms with Crippen molar-refractivity contribution in [2.75, 3.05) is 18.6 Å². The number of rotatable bonds is 5. The van der Waals surface area contributed by atoms with Gasteiger partial charge in [0.05, 0.1) is 13.3 Å². The van der Waals surface area contributed by atoms with Gasteiger partial charge in [-0.15, -0.1) is 0 Å². The average Bonchev–Trinajstić information content (AvgIpc) is 3.25. The molecular formula is C17H17FN2O3S. The third kappa shape index (κ3) is 3.17. The second-order valence-corrected chi connectivity index (χ2v) is 6.59. The van der Waals surface area contributed by atoms with Crippen LogP contribution in [0.4, 0.5) is 9.52 Å². The summed E-state index contributed by atoms with van der Waals surface area (Å²) in [6.45, 7) is 2.34. The molecule has 1 amide bonds. The van der Waals surface area contributed by atoms with E-state index < -0.39 is 5.97 Å². The minimum absolute atomic E-state index is 0.0161. The van der Waals surface area contributed by atoms with Crippen LogP contribution in [0, 0.1) is 11.7 Å². The average molecular weight is 348 g/mol. The van der Waals surface area contributed by atoms with E-state index in [2.05, 4.69) is 9.72 Å².